The van der Waals surface area contributed by atoms with Crippen LogP contribution in [0.4, 0.5) is 11.4 Å². The third-order valence-corrected chi connectivity index (χ3v) is 5.73. The van der Waals surface area contributed by atoms with Crippen molar-refractivity contribution < 1.29 is 17.9 Å². The number of hydrogen-bond donors (Lipinski definition) is 1. The molecule has 1 N–H and O–H groups in total. The maximum atomic E-state index is 12.4. The molecule has 3 rings (SSSR count). The molecule has 138 valence electrons. The van der Waals surface area contributed by atoms with Crippen molar-refractivity contribution in [2.24, 2.45) is 0 Å². The summed E-state index contributed by atoms with van der Waals surface area (Å²) in [7, 11) is -2.16. The predicted molar refractivity (Wildman–Crippen MR) is 102 cm³/mol. The number of hydrogen-bond acceptors (Lipinski definition) is 4. The molecular weight excluding hydrogens is 376 g/mol. The van der Waals surface area contributed by atoms with Crippen molar-refractivity contribution in [1.29, 1.82) is 0 Å². The van der Waals surface area contributed by atoms with E-state index in [2.05, 4.69) is 4.72 Å². The fourth-order valence-electron chi connectivity index (χ4n) is 2.90. The van der Waals surface area contributed by atoms with E-state index < -0.39 is 10.0 Å². The molecule has 0 aliphatic carbocycles. The van der Waals surface area contributed by atoms with Crippen molar-refractivity contribution in [1.82, 2.24) is 0 Å². The Kier molecular flexibility index (Phi) is 5.38. The molecule has 1 aliphatic heterocycles. The topological polar surface area (TPSA) is 75.7 Å². The molecule has 0 atom stereocenters. The van der Waals surface area contributed by atoms with Crippen molar-refractivity contribution >= 4 is 38.9 Å². The average molecular weight is 395 g/mol. The Balaban J connectivity index is 1.81. The molecule has 0 aromatic heterocycles. The van der Waals surface area contributed by atoms with Crippen LogP contribution in [-0.4, -0.2) is 28.0 Å². The van der Waals surface area contributed by atoms with Gasteiger partial charge in [-0.2, -0.15) is 0 Å². The molecule has 1 saturated heterocycles. The Hall–Kier alpha value is -2.25. The molecule has 0 radical (unpaired) electrons. The van der Waals surface area contributed by atoms with Crippen LogP contribution in [0.2, 0.25) is 5.02 Å². The lowest BCUT2D eigenvalue weighted by atomic mass is 10.2. The normalized spacial score (nSPS) is 14.5. The van der Waals surface area contributed by atoms with E-state index >= 15 is 0 Å². The number of amides is 1. The lowest BCUT2D eigenvalue weighted by molar-refractivity contribution is -0.117. The highest BCUT2D eigenvalue weighted by molar-refractivity contribution is 7.91. The van der Waals surface area contributed by atoms with Crippen molar-refractivity contribution in [3.63, 3.8) is 0 Å². The molecule has 1 amide bonds. The molecular formula is C18H19ClN2O4S. The standard InChI is InChI=1S/C18H19ClN2O4S/c1-25-17-11-14(8-9-16(17)21-10-4-7-18(21)22)20-26(23,24)12-13-5-2-3-6-15(13)19/h2-3,5-6,8-9,11,20H,4,7,10,12H2,1H3. The number of carbonyl (C=O) groups excluding carboxylic acids is 1. The van der Waals surface area contributed by atoms with Crippen LogP contribution < -0.4 is 14.4 Å². The van der Waals surface area contributed by atoms with Crippen LogP contribution in [-0.2, 0) is 20.6 Å². The second-order valence-electron chi connectivity index (χ2n) is 5.99. The highest BCUT2D eigenvalue weighted by atomic mass is 35.5. The van der Waals surface area contributed by atoms with Gasteiger partial charge in [0.1, 0.15) is 5.75 Å². The lowest BCUT2D eigenvalue weighted by Gasteiger charge is -2.20. The summed E-state index contributed by atoms with van der Waals surface area (Å²) in [5, 5.41) is 0.401. The zero-order valence-corrected chi connectivity index (χ0v) is 15.8. The first-order chi connectivity index (χ1) is 12.4. The SMILES string of the molecule is COc1cc(NS(=O)(=O)Cc2ccccc2Cl)ccc1N1CCCC1=O. The van der Waals surface area contributed by atoms with Crippen LogP contribution >= 0.6 is 11.6 Å². The smallest absolute Gasteiger partial charge is 0.236 e. The molecule has 2 aromatic rings. The first-order valence-corrected chi connectivity index (χ1v) is 10.1. The number of carbonyl (C=O) groups is 1. The van der Waals surface area contributed by atoms with Crippen LogP contribution in [0.1, 0.15) is 18.4 Å². The Morgan fingerprint density at radius 3 is 2.65 bits per heavy atom. The van der Waals surface area contributed by atoms with Crippen molar-refractivity contribution in [3.8, 4) is 5.75 Å². The van der Waals surface area contributed by atoms with Gasteiger partial charge in [0.2, 0.25) is 15.9 Å². The Morgan fingerprint density at radius 2 is 2.00 bits per heavy atom. The zero-order valence-electron chi connectivity index (χ0n) is 14.2. The summed E-state index contributed by atoms with van der Waals surface area (Å²) in [6.45, 7) is 0.632. The second kappa shape index (κ2) is 7.55. The summed E-state index contributed by atoms with van der Waals surface area (Å²) in [5.41, 5.74) is 1.53. The number of halogens is 1. The number of anilines is 2. The van der Waals surface area contributed by atoms with Gasteiger partial charge in [-0.3, -0.25) is 9.52 Å². The van der Waals surface area contributed by atoms with Crippen LogP contribution in [0, 0.1) is 0 Å². The number of sulfonamides is 1. The molecule has 0 spiro atoms. The third kappa shape index (κ3) is 4.11. The minimum absolute atomic E-state index is 0.0374. The molecule has 2 aromatic carbocycles. The van der Waals surface area contributed by atoms with Gasteiger partial charge in [0.05, 0.1) is 24.2 Å². The summed E-state index contributed by atoms with van der Waals surface area (Å²) in [5.74, 6) is 0.245. The van der Waals surface area contributed by atoms with E-state index in [4.69, 9.17) is 16.3 Å². The van der Waals surface area contributed by atoms with Crippen LogP contribution in [0.3, 0.4) is 0 Å². The summed E-state index contributed by atoms with van der Waals surface area (Å²) in [4.78, 5) is 13.6. The van der Waals surface area contributed by atoms with Gasteiger partial charge in [0.15, 0.2) is 0 Å². The maximum absolute atomic E-state index is 12.4. The monoisotopic (exact) mass is 394 g/mol. The summed E-state index contributed by atoms with van der Waals surface area (Å²) >= 11 is 6.04. The van der Waals surface area contributed by atoms with E-state index in [1.807, 2.05) is 0 Å². The van der Waals surface area contributed by atoms with Gasteiger partial charge in [-0.25, -0.2) is 8.42 Å². The number of methoxy groups -OCH3 is 1. The van der Waals surface area contributed by atoms with Gasteiger partial charge in [0.25, 0.3) is 0 Å². The summed E-state index contributed by atoms with van der Waals surface area (Å²) < 4.78 is 32.8. The maximum Gasteiger partial charge on any atom is 0.236 e. The minimum atomic E-state index is -3.65. The van der Waals surface area contributed by atoms with Gasteiger partial charge in [-0.15, -0.1) is 0 Å². The largest absolute Gasteiger partial charge is 0.494 e. The molecule has 1 heterocycles. The van der Waals surface area contributed by atoms with Gasteiger partial charge >= 0.3 is 0 Å². The van der Waals surface area contributed by atoms with Gasteiger partial charge in [-0.1, -0.05) is 29.8 Å². The molecule has 0 bridgehead atoms. The second-order valence-corrected chi connectivity index (χ2v) is 8.12. The van der Waals surface area contributed by atoms with E-state index in [0.29, 0.717) is 40.7 Å². The molecule has 1 aliphatic rings. The highest BCUT2D eigenvalue weighted by Gasteiger charge is 2.25. The molecule has 8 heteroatoms. The predicted octanol–water partition coefficient (Wildman–Crippen LogP) is 3.42. The van der Waals surface area contributed by atoms with Crippen LogP contribution in [0.25, 0.3) is 0 Å². The van der Waals surface area contributed by atoms with Gasteiger partial charge < -0.3 is 9.64 Å². The van der Waals surface area contributed by atoms with Crippen LogP contribution in [0.15, 0.2) is 42.5 Å². The van der Waals surface area contributed by atoms with E-state index in [0.717, 1.165) is 6.42 Å². The molecule has 26 heavy (non-hydrogen) atoms. The quantitative estimate of drug-likeness (QED) is 0.814. The summed E-state index contributed by atoms with van der Waals surface area (Å²) in [6.07, 6.45) is 1.31. The van der Waals surface area contributed by atoms with Crippen molar-refractivity contribution in [2.45, 2.75) is 18.6 Å². The van der Waals surface area contributed by atoms with E-state index in [-0.39, 0.29) is 11.7 Å². The highest BCUT2D eigenvalue weighted by Crippen LogP contribution is 2.34. The Bertz CT molecular complexity index is 931. The fourth-order valence-corrected chi connectivity index (χ4v) is 4.40. The molecule has 1 fully saturated rings. The van der Waals surface area contributed by atoms with Gasteiger partial charge in [0, 0.05) is 24.1 Å². The fraction of sp³-hybridized carbons (Fsp3) is 0.278. The number of nitrogens with zero attached hydrogens (tertiary/aromatic N) is 1. The Morgan fingerprint density at radius 1 is 1.23 bits per heavy atom. The van der Waals surface area contributed by atoms with Crippen LogP contribution in [0.5, 0.6) is 5.75 Å². The average Bonchev–Trinajstić information content (AvgIpc) is 3.02. The molecule has 0 unspecified atom stereocenters. The third-order valence-electron chi connectivity index (χ3n) is 4.12. The van der Waals surface area contributed by atoms with Crippen molar-refractivity contribution in [3.05, 3.63) is 53.1 Å². The van der Waals surface area contributed by atoms with Crippen molar-refractivity contribution in [2.75, 3.05) is 23.3 Å². The lowest BCUT2D eigenvalue weighted by Crippen LogP contribution is -2.24. The first kappa shape index (κ1) is 18.5. The van der Waals surface area contributed by atoms with Gasteiger partial charge in [-0.05, 0) is 30.2 Å². The van der Waals surface area contributed by atoms with E-state index in [1.54, 1.807) is 47.4 Å². The summed E-state index contributed by atoms with van der Waals surface area (Å²) in [6, 6.07) is 11.7. The molecule has 6 nitrogen and oxygen atoms in total. The Labute approximate surface area is 157 Å². The number of benzene rings is 2. The van der Waals surface area contributed by atoms with E-state index in [9.17, 15) is 13.2 Å². The first-order valence-electron chi connectivity index (χ1n) is 8.12. The number of rotatable bonds is 6. The number of ether oxygens (including phenoxy) is 1. The minimum Gasteiger partial charge on any atom is -0.494 e. The van der Waals surface area contributed by atoms with E-state index in [1.165, 1.54) is 7.11 Å². The molecule has 0 saturated carbocycles. The number of nitrogens with one attached hydrogen (secondary N) is 1. The zero-order chi connectivity index (χ0) is 18.7.